The fourth-order valence-electron chi connectivity index (χ4n) is 4.84. The molecule has 2 aliphatic rings. The number of carbonyl (C=O) groups excluding carboxylic acids is 1. The van der Waals surface area contributed by atoms with Crippen LogP contribution in [0.2, 0.25) is 0 Å². The van der Waals surface area contributed by atoms with Gasteiger partial charge in [-0.1, -0.05) is 50.1 Å². The molecule has 4 nitrogen and oxygen atoms in total. The molecule has 2 atom stereocenters. The number of hydrogen-bond acceptors (Lipinski definition) is 3. The van der Waals surface area contributed by atoms with Gasteiger partial charge in [-0.2, -0.15) is 0 Å². The molecule has 0 aliphatic carbocycles. The molecule has 0 spiro atoms. The fraction of sp³-hybridized carbons (Fsp3) is 0.708. The van der Waals surface area contributed by atoms with Crippen LogP contribution in [0.5, 0.6) is 0 Å². The summed E-state index contributed by atoms with van der Waals surface area (Å²) in [6.07, 6.45) is 8.56. The summed E-state index contributed by atoms with van der Waals surface area (Å²) in [5.41, 5.74) is 1.38. The van der Waals surface area contributed by atoms with Gasteiger partial charge in [0.05, 0.1) is 6.04 Å². The molecule has 156 valence electrons. The summed E-state index contributed by atoms with van der Waals surface area (Å²) >= 11 is 0. The van der Waals surface area contributed by atoms with E-state index in [1.165, 1.54) is 37.7 Å². The minimum Gasteiger partial charge on any atom is -0.352 e. The van der Waals surface area contributed by atoms with Crippen molar-refractivity contribution in [3.05, 3.63) is 35.9 Å². The number of likely N-dealkylation sites (tertiary alicyclic amines) is 2. The third-order valence-corrected chi connectivity index (χ3v) is 6.69. The molecule has 2 unspecified atom stereocenters. The molecule has 2 aliphatic heterocycles. The van der Waals surface area contributed by atoms with Crippen LogP contribution in [0.15, 0.2) is 30.3 Å². The highest BCUT2D eigenvalue weighted by Crippen LogP contribution is 2.23. The smallest absolute Gasteiger partial charge is 0.237 e. The molecule has 0 saturated carbocycles. The van der Waals surface area contributed by atoms with E-state index < -0.39 is 0 Å². The average molecular weight is 386 g/mol. The van der Waals surface area contributed by atoms with Gasteiger partial charge in [0.15, 0.2) is 0 Å². The van der Waals surface area contributed by atoms with Gasteiger partial charge in [0.2, 0.25) is 5.91 Å². The summed E-state index contributed by atoms with van der Waals surface area (Å²) in [5, 5.41) is 3.35. The Morgan fingerprint density at radius 1 is 1.07 bits per heavy atom. The third-order valence-electron chi connectivity index (χ3n) is 6.69. The maximum absolute atomic E-state index is 12.8. The molecule has 2 heterocycles. The Morgan fingerprint density at radius 3 is 2.54 bits per heavy atom. The molecule has 3 rings (SSSR count). The molecule has 1 aromatic rings. The molecule has 0 bridgehead atoms. The van der Waals surface area contributed by atoms with Gasteiger partial charge < -0.3 is 5.32 Å². The second kappa shape index (κ2) is 11.0. The van der Waals surface area contributed by atoms with Crippen molar-refractivity contribution in [3.63, 3.8) is 0 Å². The topological polar surface area (TPSA) is 35.6 Å². The lowest BCUT2D eigenvalue weighted by molar-refractivity contribution is -0.127. The van der Waals surface area contributed by atoms with E-state index >= 15 is 0 Å². The summed E-state index contributed by atoms with van der Waals surface area (Å²) < 4.78 is 0. The lowest BCUT2D eigenvalue weighted by Crippen LogP contribution is -2.51. The Kier molecular flexibility index (Phi) is 8.35. The van der Waals surface area contributed by atoms with Crippen molar-refractivity contribution in [2.75, 3.05) is 26.2 Å². The van der Waals surface area contributed by atoms with Crippen LogP contribution in [0.1, 0.15) is 64.4 Å². The van der Waals surface area contributed by atoms with E-state index in [1.807, 2.05) is 0 Å². The first kappa shape index (κ1) is 21.3. The first-order chi connectivity index (χ1) is 13.7. The molecule has 1 N–H and O–H groups in total. The molecule has 2 saturated heterocycles. The van der Waals surface area contributed by atoms with E-state index in [2.05, 4.69) is 59.3 Å². The van der Waals surface area contributed by atoms with Crippen LogP contribution < -0.4 is 5.32 Å². The quantitative estimate of drug-likeness (QED) is 0.769. The number of carbonyl (C=O) groups is 1. The molecule has 28 heavy (non-hydrogen) atoms. The Hall–Kier alpha value is -1.39. The average Bonchev–Trinajstić information content (AvgIpc) is 2.96. The van der Waals surface area contributed by atoms with Crippen molar-refractivity contribution in [2.24, 2.45) is 5.92 Å². The highest BCUT2D eigenvalue weighted by molar-refractivity contribution is 5.81. The van der Waals surface area contributed by atoms with Gasteiger partial charge in [-0.15, -0.1) is 0 Å². The summed E-state index contributed by atoms with van der Waals surface area (Å²) in [6, 6.07) is 11.0. The van der Waals surface area contributed by atoms with Gasteiger partial charge in [0.1, 0.15) is 0 Å². The van der Waals surface area contributed by atoms with E-state index in [0.717, 1.165) is 51.5 Å². The lowest BCUT2D eigenvalue weighted by atomic mass is 9.96. The van der Waals surface area contributed by atoms with E-state index in [9.17, 15) is 4.79 Å². The summed E-state index contributed by atoms with van der Waals surface area (Å²) in [5.74, 6) is 1.09. The van der Waals surface area contributed by atoms with Crippen molar-refractivity contribution in [1.82, 2.24) is 15.1 Å². The zero-order chi connectivity index (χ0) is 19.8. The fourth-order valence-corrected chi connectivity index (χ4v) is 4.84. The van der Waals surface area contributed by atoms with Gasteiger partial charge in [-0.05, 0) is 63.6 Å². The molecule has 4 heteroatoms. The largest absolute Gasteiger partial charge is 0.352 e. The monoisotopic (exact) mass is 385 g/mol. The second-order valence-electron chi connectivity index (χ2n) is 8.84. The Morgan fingerprint density at radius 2 is 1.82 bits per heavy atom. The van der Waals surface area contributed by atoms with Crippen LogP contribution in [0.25, 0.3) is 0 Å². The molecular formula is C24H39N3O. The highest BCUT2D eigenvalue weighted by atomic mass is 16.2. The second-order valence-corrected chi connectivity index (χ2v) is 8.84. The molecule has 1 aromatic carbocycles. The van der Waals surface area contributed by atoms with Gasteiger partial charge in [-0.3, -0.25) is 14.6 Å². The Balaban J connectivity index is 1.40. The van der Waals surface area contributed by atoms with Crippen LogP contribution in [-0.2, 0) is 11.3 Å². The number of nitrogens with one attached hydrogen (secondary N) is 1. The Labute approximate surface area is 171 Å². The normalized spacial score (nSPS) is 23.9. The van der Waals surface area contributed by atoms with Gasteiger partial charge in [-0.25, -0.2) is 0 Å². The van der Waals surface area contributed by atoms with E-state index in [1.54, 1.807) is 0 Å². The van der Waals surface area contributed by atoms with E-state index in [0.29, 0.717) is 6.04 Å². The molecular weight excluding hydrogens is 346 g/mol. The van der Waals surface area contributed by atoms with Crippen molar-refractivity contribution in [2.45, 2.75) is 77.4 Å². The van der Waals surface area contributed by atoms with Gasteiger partial charge in [0, 0.05) is 25.7 Å². The van der Waals surface area contributed by atoms with Crippen molar-refractivity contribution >= 4 is 5.91 Å². The molecule has 0 radical (unpaired) electrons. The summed E-state index contributed by atoms with van der Waals surface area (Å²) in [7, 11) is 0. The zero-order valence-corrected chi connectivity index (χ0v) is 17.9. The number of amides is 1. The van der Waals surface area contributed by atoms with Crippen LogP contribution in [0.4, 0.5) is 0 Å². The number of rotatable bonds is 7. The molecule has 2 fully saturated rings. The first-order valence-electron chi connectivity index (χ1n) is 11.5. The van der Waals surface area contributed by atoms with Crippen molar-refractivity contribution < 1.29 is 4.79 Å². The number of nitrogens with zero attached hydrogens (tertiary/aromatic N) is 2. The maximum Gasteiger partial charge on any atom is 0.237 e. The molecule has 0 aromatic heterocycles. The lowest BCUT2D eigenvalue weighted by Gasteiger charge is -2.34. The van der Waals surface area contributed by atoms with Crippen LogP contribution in [0.3, 0.4) is 0 Å². The van der Waals surface area contributed by atoms with Gasteiger partial charge >= 0.3 is 0 Å². The summed E-state index contributed by atoms with van der Waals surface area (Å²) in [4.78, 5) is 17.8. The minimum atomic E-state index is 0.00252. The first-order valence-corrected chi connectivity index (χ1v) is 11.5. The number of hydrogen-bond donors (Lipinski definition) is 1. The standard InChI is InChI=1S/C24H39N3O/c1-3-8-21-11-7-15-27(18-12-21)20(2)24(28)25-23-13-16-26(17-14-23)19-22-9-5-4-6-10-22/h4-6,9-10,20-21,23H,3,7-8,11-19H2,1-2H3,(H,25,28). The van der Waals surface area contributed by atoms with E-state index in [4.69, 9.17) is 0 Å². The zero-order valence-electron chi connectivity index (χ0n) is 17.9. The van der Waals surface area contributed by atoms with Gasteiger partial charge in [0.25, 0.3) is 0 Å². The van der Waals surface area contributed by atoms with Crippen LogP contribution >= 0.6 is 0 Å². The maximum atomic E-state index is 12.8. The van der Waals surface area contributed by atoms with Crippen molar-refractivity contribution in [3.8, 4) is 0 Å². The predicted molar refractivity (Wildman–Crippen MR) is 116 cm³/mol. The summed E-state index contributed by atoms with van der Waals surface area (Å²) in [6.45, 7) is 9.68. The van der Waals surface area contributed by atoms with Crippen LogP contribution in [0, 0.1) is 5.92 Å². The number of benzene rings is 1. The Bertz CT molecular complexity index is 583. The SMILES string of the molecule is CCCC1CCCN(C(C)C(=O)NC2CCN(Cc3ccccc3)CC2)CC1. The number of piperidine rings is 1. The highest BCUT2D eigenvalue weighted by Gasteiger charge is 2.27. The minimum absolute atomic E-state index is 0.00252. The van der Waals surface area contributed by atoms with E-state index in [-0.39, 0.29) is 11.9 Å². The molecule has 1 amide bonds. The third kappa shape index (κ3) is 6.31. The van der Waals surface area contributed by atoms with Crippen LogP contribution in [-0.4, -0.2) is 54.0 Å². The predicted octanol–water partition coefficient (Wildman–Crippen LogP) is 4.06. The van der Waals surface area contributed by atoms with Crippen molar-refractivity contribution in [1.29, 1.82) is 0 Å².